The molecular weight excluding hydrogens is 409 g/mol. The molecule has 0 radical (unpaired) electrons. The lowest BCUT2D eigenvalue weighted by molar-refractivity contribution is -0.122. The standard InChI is InChI=1S/C23H25Cl2NO3/c1-2-3-11-29-22-10-8-17(14-20(22)26-23(28)16-5-4-6-16)21(27)13-15-7-9-18(24)19(25)12-15/h7-10,12,14,16H,2-6,11,13H2,1H3,(H,26,28). The predicted molar refractivity (Wildman–Crippen MR) is 117 cm³/mol. The van der Waals surface area contributed by atoms with E-state index < -0.39 is 0 Å². The quantitative estimate of drug-likeness (QED) is 0.370. The van der Waals surface area contributed by atoms with Gasteiger partial charge >= 0.3 is 0 Å². The van der Waals surface area contributed by atoms with Gasteiger partial charge in [-0.25, -0.2) is 0 Å². The Labute approximate surface area is 181 Å². The van der Waals surface area contributed by atoms with E-state index in [0.29, 0.717) is 33.7 Å². The Hall–Kier alpha value is -2.04. The van der Waals surface area contributed by atoms with Gasteiger partial charge in [-0.15, -0.1) is 0 Å². The fourth-order valence-electron chi connectivity index (χ4n) is 3.10. The smallest absolute Gasteiger partial charge is 0.227 e. The molecule has 1 aliphatic carbocycles. The van der Waals surface area contributed by atoms with Crippen LogP contribution in [0.15, 0.2) is 36.4 Å². The Bertz CT molecular complexity index is 894. The van der Waals surface area contributed by atoms with Crippen LogP contribution < -0.4 is 10.1 Å². The van der Waals surface area contributed by atoms with Gasteiger partial charge in [0, 0.05) is 17.9 Å². The van der Waals surface area contributed by atoms with Gasteiger partial charge in [0.05, 0.1) is 22.3 Å². The molecule has 0 heterocycles. The van der Waals surface area contributed by atoms with Gasteiger partial charge in [0.2, 0.25) is 5.91 Å². The average molecular weight is 434 g/mol. The number of amides is 1. The molecule has 2 aromatic rings. The summed E-state index contributed by atoms with van der Waals surface area (Å²) in [6, 6.07) is 10.4. The van der Waals surface area contributed by atoms with Gasteiger partial charge in [-0.2, -0.15) is 0 Å². The third kappa shape index (κ3) is 5.74. The normalized spacial score (nSPS) is 13.6. The molecule has 154 valence electrons. The number of hydrogen-bond donors (Lipinski definition) is 1. The summed E-state index contributed by atoms with van der Waals surface area (Å²) in [6.45, 7) is 2.66. The second-order valence-corrected chi connectivity index (χ2v) is 8.19. The van der Waals surface area contributed by atoms with Gasteiger partial charge in [0.25, 0.3) is 0 Å². The maximum Gasteiger partial charge on any atom is 0.227 e. The molecule has 1 N–H and O–H groups in total. The molecule has 1 fully saturated rings. The monoisotopic (exact) mass is 433 g/mol. The number of nitrogens with one attached hydrogen (secondary N) is 1. The molecule has 3 rings (SSSR count). The van der Waals surface area contributed by atoms with Crippen LogP contribution in [0, 0.1) is 5.92 Å². The van der Waals surface area contributed by atoms with Crippen LogP contribution in [0.3, 0.4) is 0 Å². The number of rotatable bonds is 9. The second-order valence-electron chi connectivity index (χ2n) is 7.38. The number of Topliss-reactive ketones (excluding diaryl/α,β-unsaturated/α-hetero) is 1. The molecule has 0 aliphatic heterocycles. The van der Waals surface area contributed by atoms with Crippen molar-refractivity contribution in [1.82, 2.24) is 0 Å². The van der Waals surface area contributed by atoms with Crippen LogP contribution >= 0.6 is 23.2 Å². The van der Waals surface area contributed by atoms with E-state index in [2.05, 4.69) is 12.2 Å². The predicted octanol–water partition coefficient (Wildman–Crippen LogP) is 6.34. The van der Waals surface area contributed by atoms with Crippen molar-refractivity contribution in [3.63, 3.8) is 0 Å². The minimum Gasteiger partial charge on any atom is -0.491 e. The van der Waals surface area contributed by atoms with E-state index >= 15 is 0 Å². The molecule has 0 bridgehead atoms. The highest BCUT2D eigenvalue weighted by molar-refractivity contribution is 6.42. The van der Waals surface area contributed by atoms with E-state index in [1.165, 1.54) is 0 Å². The number of anilines is 1. The average Bonchev–Trinajstić information content (AvgIpc) is 2.64. The highest BCUT2D eigenvalue weighted by Crippen LogP contribution is 2.32. The Morgan fingerprint density at radius 1 is 1.10 bits per heavy atom. The molecule has 1 aliphatic rings. The van der Waals surface area contributed by atoms with Crippen molar-refractivity contribution in [3.05, 3.63) is 57.6 Å². The number of ether oxygens (including phenoxy) is 1. The van der Waals surface area contributed by atoms with Crippen LogP contribution in [0.5, 0.6) is 5.75 Å². The van der Waals surface area contributed by atoms with Gasteiger partial charge in [-0.05, 0) is 55.2 Å². The highest BCUT2D eigenvalue weighted by atomic mass is 35.5. The van der Waals surface area contributed by atoms with Crippen molar-refractivity contribution in [3.8, 4) is 5.75 Å². The zero-order chi connectivity index (χ0) is 20.8. The molecule has 2 aromatic carbocycles. The lowest BCUT2D eigenvalue weighted by atomic mass is 9.85. The van der Waals surface area contributed by atoms with Crippen molar-refractivity contribution in [1.29, 1.82) is 0 Å². The van der Waals surface area contributed by atoms with Crippen LogP contribution in [-0.4, -0.2) is 18.3 Å². The number of hydrogen-bond acceptors (Lipinski definition) is 3. The molecule has 1 saturated carbocycles. The molecule has 4 nitrogen and oxygen atoms in total. The maximum atomic E-state index is 12.8. The first-order valence-corrected chi connectivity index (χ1v) is 10.8. The molecule has 1 amide bonds. The summed E-state index contributed by atoms with van der Waals surface area (Å²) in [5.74, 6) is 0.569. The number of carbonyl (C=O) groups excluding carboxylic acids is 2. The Kier molecular flexibility index (Phi) is 7.57. The molecule has 29 heavy (non-hydrogen) atoms. The topological polar surface area (TPSA) is 55.4 Å². The Morgan fingerprint density at radius 3 is 2.55 bits per heavy atom. The maximum absolute atomic E-state index is 12.8. The second kappa shape index (κ2) is 10.1. The van der Waals surface area contributed by atoms with Gasteiger partial charge < -0.3 is 10.1 Å². The number of benzene rings is 2. The zero-order valence-corrected chi connectivity index (χ0v) is 18.0. The van der Waals surface area contributed by atoms with Crippen molar-refractivity contribution < 1.29 is 14.3 Å². The minimum atomic E-state index is -0.0670. The van der Waals surface area contributed by atoms with Gasteiger partial charge in [0.15, 0.2) is 5.78 Å². The summed E-state index contributed by atoms with van der Waals surface area (Å²) in [5, 5.41) is 3.84. The van der Waals surface area contributed by atoms with Crippen molar-refractivity contribution in [2.24, 2.45) is 5.92 Å². The van der Waals surface area contributed by atoms with E-state index in [1.807, 2.05) is 0 Å². The summed E-state index contributed by atoms with van der Waals surface area (Å²) in [6.07, 6.45) is 5.04. The Morgan fingerprint density at radius 2 is 1.90 bits per heavy atom. The molecule has 0 unspecified atom stereocenters. The van der Waals surface area contributed by atoms with Crippen LogP contribution in [0.2, 0.25) is 10.0 Å². The van der Waals surface area contributed by atoms with E-state index in [-0.39, 0.29) is 24.0 Å². The van der Waals surface area contributed by atoms with Gasteiger partial charge in [-0.3, -0.25) is 9.59 Å². The van der Waals surface area contributed by atoms with Crippen molar-refractivity contribution >= 4 is 40.6 Å². The van der Waals surface area contributed by atoms with E-state index in [9.17, 15) is 9.59 Å². The number of ketones is 1. The lowest BCUT2D eigenvalue weighted by Crippen LogP contribution is -2.28. The fraction of sp³-hybridized carbons (Fsp3) is 0.391. The highest BCUT2D eigenvalue weighted by Gasteiger charge is 2.26. The lowest BCUT2D eigenvalue weighted by Gasteiger charge is -2.24. The van der Waals surface area contributed by atoms with Crippen molar-refractivity contribution in [2.45, 2.75) is 45.4 Å². The first-order valence-electron chi connectivity index (χ1n) is 10.0. The van der Waals surface area contributed by atoms with Crippen molar-refractivity contribution in [2.75, 3.05) is 11.9 Å². The van der Waals surface area contributed by atoms with Crippen LogP contribution in [-0.2, 0) is 11.2 Å². The summed E-state index contributed by atoms with van der Waals surface area (Å²) >= 11 is 12.0. The number of carbonyl (C=O) groups is 2. The summed E-state index contributed by atoms with van der Waals surface area (Å²) in [7, 11) is 0. The number of unbranched alkanes of at least 4 members (excludes halogenated alkanes) is 1. The first kappa shape index (κ1) is 21.7. The van der Waals surface area contributed by atoms with Gasteiger partial charge in [-0.1, -0.05) is 49.0 Å². The molecule has 0 saturated heterocycles. The molecular formula is C23H25Cl2NO3. The fourth-order valence-corrected chi connectivity index (χ4v) is 3.42. The van der Waals surface area contributed by atoms with E-state index in [4.69, 9.17) is 27.9 Å². The minimum absolute atomic E-state index is 0.00864. The van der Waals surface area contributed by atoms with Crippen LogP contribution in [0.4, 0.5) is 5.69 Å². The van der Waals surface area contributed by atoms with Crippen LogP contribution in [0.1, 0.15) is 54.9 Å². The molecule has 0 aromatic heterocycles. The van der Waals surface area contributed by atoms with Crippen LogP contribution in [0.25, 0.3) is 0 Å². The third-order valence-electron chi connectivity index (χ3n) is 5.14. The SMILES string of the molecule is CCCCOc1ccc(C(=O)Cc2ccc(Cl)c(Cl)c2)cc1NC(=O)C1CCC1. The van der Waals surface area contributed by atoms with Gasteiger partial charge in [0.1, 0.15) is 5.75 Å². The summed E-state index contributed by atoms with van der Waals surface area (Å²) in [5.41, 5.74) is 1.86. The molecule has 0 atom stereocenters. The summed E-state index contributed by atoms with van der Waals surface area (Å²) in [4.78, 5) is 25.2. The first-order chi connectivity index (χ1) is 14.0. The Balaban J connectivity index is 1.78. The zero-order valence-electron chi connectivity index (χ0n) is 16.5. The third-order valence-corrected chi connectivity index (χ3v) is 5.88. The molecule has 0 spiro atoms. The summed E-state index contributed by atoms with van der Waals surface area (Å²) < 4.78 is 5.83. The largest absolute Gasteiger partial charge is 0.491 e. The van der Waals surface area contributed by atoms with E-state index in [1.54, 1.807) is 36.4 Å². The van der Waals surface area contributed by atoms with E-state index in [0.717, 1.165) is 37.7 Å². The molecule has 6 heteroatoms. The number of halogens is 2.